The van der Waals surface area contributed by atoms with Gasteiger partial charge in [0.25, 0.3) is 0 Å². The zero-order chi connectivity index (χ0) is 33.3. The van der Waals surface area contributed by atoms with Gasteiger partial charge in [-0.3, -0.25) is 0 Å². The van der Waals surface area contributed by atoms with E-state index in [4.69, 9.17) is 0 Å². The lowest BCUT2D eigenvalue weighted by atomic mass is 9.90. The number of para-hydroxylation sites is 2. The molecule has 230 valence electrons. The highest BCUT2D eigenvalue weighted by Gasteiger charge is 2.36. The van der Waals surface area contributed by atoms with Crippen molar-refractivity contribution >= 4 is 43.6 Å². The van der Waals surface area contributed by atoms with Gasteiger partial charge in [0.15, 0.2) is 0 Å². The topological polar surface area (TPSA) is 57.4 Å². The lowest BCUT2D eigenvalue weighted by molar-refractivity contribution is -0.137. The van der Waals surface area contributed by atoms with Crippen LogP contribution in [-0.4, -0.2) is 9.13 Å². The highest BCUT2D eigenvalue weighted by Crippen LogP contribution is 2.44. The number of rotatable bonds is 3. The van der Waals surface area contributed by atoms with Gasteiger partial charge in [0.2, 0.25) is 0 Å². The number of alkyl halides is 3. The van der Waals surface area contributed by atoms with Crippen LogP contribution in [0.15, 0.2) is 115 Å². The van der Waals surface area contributed by atoms with Crippen LogP contribution in [0.5, 0.6) is 0 Å². The highest BCUT2D eigenvalue weighted by atomic mass is 19.4. The molecule has 0 atom stereocenters. The molecule has 0 saturated heterocycles. The first kappa shape index (κ1) is 29.1. The number of hydrogen-bond acceptors (Lipinski definition) is 2. The van der Waals surface area contributed by atoms with Gasteiger partial charge >= 0.3 is 6.18 Å². The molecule has 0 aliphatic heterocycles. The zero-order valence-electron chi connectivity index (χ0n) is 25.9. The van der Waals surface area contributed by atoms with Crippen molar-refractivity contribution in [1.82, 2.24) is 9.13 Å². The molecule has 2 aromatic heterocycles. The maximum absolute atomic E-state index is 14.6. The van der Waals surface area contributed by atoms with E-state index in [2.05, 4.69) is 45.5 Å². The quantitative estimate of drug-likeness (QED) is 0.195. The molecule has 0 unspecified atom stereocenters. The van der Waals surface area contributed by atoms with Gasteiger partial charge in [-0.05, 0) is 73.5 Å². The number of nitrogens with zero attached hydrogens (tertiary/aromatic N) is 4. The van der Waals surface area contributed by atoms with Crippen molar-refractivity contribution in [3.05, 3.63) is 143 Å². The van der Waals surface area contributed by atoms with Crippen LogP contribution in [0.25, 0.3) is 66.1 Å². The van der Waals surface area contributed by atoms with E-state index >= 15 is 0 Å². The minimum Gasteiger partial charge on any atom is -0.307 e. The number of benzene rings is 6. The summed E-state index contributed by atoms with van der Waals surface area (Å²) in [7, 11) is 0. The molecule has 8 rings (SSSR count). The van der Waals surface area contributed by atoms with Crippen LogP contribution in [0.1, 0.15) is 27.8 Å². The van der Waals surface area contributed by atoms with Gasteiger partial charge in [0.05, 0.1) is 62.3 Å². The second-order valence-corrected chi connectivity index (χ2v) is 12.1. The molecule has 7 heteroatoms. The number of halogens is 3. The average molecular weight is 631 g/mol. The molecule has 8 aromatic rings. The van der Waals surface area contributed by atoms with Crippen molar-refractivity contribution in [1.29, 1.82) is 10.5 Å². The fourth-order valence-corrected chi connectivity index (χ4v) is 7.09. The third kappa shape index (κ3) is 4.29. The molecule has 2 heterocycles. The predicted molar refractivity (Wildman–Crippen MR) is 184 cm³/mol. The molecular weight excluding hydrogens is 605 g/mol. The molecule has 0 aliphatic rings. The summed E-state index contributed by atoms with van der Waals surface area (Å²) < 4.78 is 48.0. The Hall–Kier alpha value is -6.31. The summed E-state index contributed by atoms with van der Waals surface area (Å²) in [6, 6.07) is 39.3. The maximum Gasteiger partial charge on any atom is 0.417 e. The summed E-state index contributed by atoms with van der Waals surface area (Å²) in [5.74, 6) is 0. The molecule has 0 spiro atoms. The molecule has 0 saturated carbocycles. The fraction of sp³-hybridized carbons (Fsp3) is 0.0732. The van der Waals surface area contributed by atoms with E-state index in [1.807, 2.05) is 74.5 Å². The van der Waals surface area contributed by atoms with Crippen LogP contribution in [0, 0.1) is 36.5 Å². The number of nitriles is 2. The van der Waals surface area contributed by atoms with E-state index in [1.165, 1.54) is 12.1 Å². The Balaban J connectivity index is 1.62. The first-order valence-corrected chi connectivity index (χ1v) is 15.4. The van der Waals surface area contributed by atoms with Crippen LogP contribution in [0.4, 0.5) is 13.2 Å². The van der Waals surface area contributed by atoms with Gasteiger partial charge in [-0.15, -0.1) is 0 Å². The average Bonchev–Trinajstić information content (AvgIpc) is 3.58. The number of aromatic nitrogens is 2. The van der Waals surface area contributed by atoms with Crippen molar-refractivity contribution in [3.63, 3.8) is 0 Å². The SMILES string of the molecule is Cc1ccc2c3ccccc3n(-c3cc(C#N)c(-c4c(C#N)cccc4C(F)(F)F)cc3-n3c4ccccc4c4ccc(C)cc43)c2c1. The van der Waals surface area contributed by atoms with E-state index in [9.17, 15) is 23.7 Å². The Morgan fingerprint density at radius 3 is 1.54 bits per heavy atom. The number of fused-ring (bicyclic) bond motifs is 6. The minimum atomic E-state index is -4.76. The Morgan fingerprint density at radius 2 is 1.02 bits per heavy atom. The van der Waals surface area contributed by atoms with Crippen molar-refractivity contribution in [2.24, 2.45) is 0 Å². The monoisotopic (exact) mass is 630 g/mol. The van der Waals surface area contributed by atoms with E-state index in [-0.39, 0.29) is 22.3 Å². The fourth-order valence-electron chi connectivity index (χ4n) is 7.09. The molecule has 0 amide bonds. The van der Waals surface area contributed by atoms with E-state index < -0.39 is 11.7 Å². The van der Waals surface area contributed by atoms with Gasteiger partial charge in [0.1, 0.15) is 0 Å². The van der Waals surface area contributed by atoms with Crippen LogP contribution in [-0.2, 0) is 6.18 Å². The van der Waals surface area contributed by atoms with E-state index in [0.717, 1.165) is 60.8 Å². The van der Waals surface area contributed by atoms with Crippen LogP contribution < -0.4 is 0 Å². The van der Waals surface area contributed by atoms with Gasteiger partial charge in [-0.25, -0.2) is 0 Å². The molecular formula is C41H25F3N4. The Labute approximate surface area is 273 Å². The van der Waals surface area contributed by atoms with Gasteiger partial charge < -0.3 is 9.13 Å². The van der Waals surface area contributed by atoms with E-state index in [1.54, 1.807) is 12.1 Å². The molecule has 0 aliphatic carbocycles. The van der Waals surface area contributed by atoms with Gasteiger partial charge in [-0.1, -0.05) is 66.7 Å². The summed E-state index contributed by atoms with van der Waals surface area (Å²) in [4.78, 5) is 0. The van der Waals surface area contributed by atoms with Gasteiger partial charge in [-0.2, -0.15) is 23.7 Å². The minimum absolute atomic E-state index is 0.0254. The van der Waals surface area contributed by atoms with Crippen molar-refractivity contribution in [2.75, 3.05) is 0 Å². The molecule has 48 heavy (non-hydrogen) atoms. The van der Waals surface area contributed by atoms with Crippen LogP contribution in [0.3, 0.4) is 0 Å². The predicted octanol–water partition coefficient (Wildman–Crippen LogP) is 10.9. The summed E-state index contributed by atoms with van der Waals surface area (Å²) in [5, 5.41) is 24.6. The van der Waals surface area contributed by atoms with Crippen molar-refractivity contribution in [3.8, 4) is 34.6 Å². The second kappa shape index (κ2) is 10.6. The lowest BCUT2D eigenvalue weighted by Gasteiger charge is -2.21. The van der Waals surface area contributed by atoms with E-state index in [0.29, 0.717) is 11.4 Å². The summed E-state index contributed by atoms with van der Waals surface area (Å²) in [6.45, 7) is 4.01. The second-order valence-electron chi connectivity index (χ2n) is 12.1. The summed E-state index contributed by atoms with van der Waals surface area (Å²) in [5.41, 5.74) is 5.39. The standard InChI is InChI=1S/C41H25F3N4/c1-24-14-16-30-28-9-3-5-12-34(28)47(36(30)18-24)38-20-27(23-46)32(40-26(22-45)8-7-11-33(40)41(42,43)44)21-39(38)48-35-13-6-4-10-29(35)31-17-15-25(2)19-37(31)48/h3-21H,1-2H3. The van der Waals surface area contributed by atoms with Crippen molar-refractivity contribution < 1.29 is 13.2 Å². The summed E-state index contributed by atoms with van der Waals surface area (Å²) >= 11 is 0. The largest absolute Gasteiger partial charge is 0.417 e. The smallest absolute Gasteiger partial charge is 0.307 e. The molecule has 4 nitrogen and oxygen atoms in total. The highest BCUT2D eigenvalue weighted by molar-refractivity contribution is 6.12. The Bertz CT molecular complexity index is 2710. The zero-order valence-corrected chi connectivity index (χ0v) is 25.9. The summed E-state index contributed by atoms with van der Waals surface area (Å²) in [6.07, 6.45) is -4.76. The number of aryl methyl sites for hydroxylation is 2. The third-order valence-electron chi connectivity index (χ3n) is 9.14. The lowest BCUT2D eigenvalue weighted by Crippen LogP contribution is -2.10. The normalized spacial score (nSPS) is 11.8. The van der Waals surface area contributed by atoms with Gasteiger partial charge in [0, 0.05) is 32.7 Å². The van der Waals surface area contributed by atoms with Crippen LogP contribution >= 0.6 is 0 Å². The van der Waals surface area contributed by atoms with Crippen LogP contribution in [0.2, 0.25) is 0 Å². The number of hydrogen-bond donors (Lipinski definition) is 0. The Morgan fingerprint density at radius 1 is 0.521 bits per heavy atom. The Kier molecular flexibility index (Phi) is 6.44. The molecule has 0 bridgehead atoms. The third-order valence-corrected chi connectivity index (χ3v) is 9.14. The molecule has 6 aromatic carbocycles. The van der Waals surface area contributed by atoms with Crippen molar-refractivity contribution in [2.45, 2.75) is 20.0 Å². The first-order valence-electron chi connectivity index (χ1n) is 15.4. The maximum atomic E-state index is 14.6. The first-order chi connectivity index (χ1) is 23.2. The molecule has 0 fully saturated rings. The molecule has 0 N–H and O–H groups in total. The molecule has 0 radical (unpaired) electrons.